The first kappa shape index (κ1) is 38.2. The van der Waals surface area contributed by atoms with Gasteiger partial charge in [0, 0.05) is 16.4 Å². The number of carbonyl (C=O) groups is 5. The van der Waals surface area contributed by atoms with E-state index in [1.807, 2.05) is 13.8 Å². The van der Waals surface area contributed by atoms with Crippen LogP contribution in [0.1, 0.15) is 47.0 Å². The lowest BCUT2D eigenvalue weighted by molar-refractivity contribution is -0.191. The summed E-state index contributed by atoms with van der Waals surface area (Å²) in [7, 11) is 0. The molecule has 0 spiro atoms. The zero-order valence-corrected chi connectivity index (χ0v) is 13.3. The maximum Gasteiger partial charge on any atom is 0.373 e. The molecule has 152 valence electrons. The fourth-order valence-electron chi connectivity index (χ4n) is 0.541. The normalized spacial score (nSPS) is 6.69. The van der Waals surface area contributed by atoms with Crippen LogP contribution in [0.15, 0.2) is 0 Å². The number of Topliss-reactive ketones (excluding diaryl/α,β-unsaturated/α-hetero) is 1. The highest BCUT2D eigenvalue weighted by Crippen LogP contribution is 1.90. The molecule has 0 heterocycles. The monoisotopic (exact) mass is 386 g/mol. The van der Waals surface area contributed by atoms with Crippen LogP contribution in [0.5, 0.6) is 0 Å². The summed E-state index contributed by atoms with van der Waals surface area (Å²) in [6.07, 6.45) is -1.21. The fourth-order valence-corrected chi connectivity index (χ4v) is 0.541. The van der Waals surface area contributed by atoms with Gasteiger partial charge in [0.05, 0.1) is 19.3 Å². The van der Waals surface area contributed by atoms with Crippen molar-refractivity contribution in [1.82, 2.24) is 0 Å². The van der Waals surface area contributed by atoms with Gasteiger partial charge in [-0.25, -0.2) is 4.79 Å². The highest BCUT2D eigenvalue weighted by atomic mass is 16.7. The largest absolute Gasteiger partial charge is 0.481 e. The summed E-state index contributed by atoms with van der Waals surface area (Å²) in [6, 6.07) is 0. The third-order valence-corrected chi connectivity index (χ3v) is 1.36. The molecule has 0 aliphatic carbocycles. The molecule has 4 N–H and O–H groups in total. The average molecular weight is 386 g/mol. The van der Waals surface area contributed by atoms with Crippen LogP contribution in [0, 0.1) is 9.93 Å². The molecule has 13 heteroatoms. The summed E-state index contributed by atoms with van der Waals surface area (Å²) in [5.74, 6) is -5.97. The second-order valence-corrected chi connectivity index (χ2v) is 2.99. The van der Waals surface area contributed by atoms with Crippen LogP contribution in [-0.4, -0.2) is 56.2 Å². The highest BCUT2D eigenvalue weighted by molar-refractivity contribution is 6.32. The summed E-state index contributed by atoms with van der Waals surface area (Å²) in [4.78, 5) is 79.3. The van der Waals surface area contributed by atoms with E-state index in [9.17, 15) is 24.0 Å². The summed E-state index contributed by atoms with van der Waals surface area (Å²) in [5, 5.41) is 31.7. The number of hydrogen-bond acceptors (Lipinski definition) is 9. The molecule has 0 atom stereocenters. The van der Waals surface area contributed by atoms with E-state index in [-0.39, 0.29) is 26.4 Å². The van der Waals surface area contributed by atoms with Crippen molar-refractivity contribution in [3.63, 3.8) is 0 Å². The van der Waals surface area contributed by atoms with E-state index >= 15 is 0 Å². The van der Waals surface area contributed by atoms with Crippen LogP contribution in [0.3, 0.4) is 0 Å². The number of carboxylic acid groups (broad SMARTS) is 4. The Hall–Kier alpha value is -3.47. The minimum absolute atomic E-state index is 0. The first-order chi connectivity index (χ1) is 11.6. The summed E-state index contributed by atoms with van der Waals surface area (Å²) in [5.41, 5.74) is 0. The quantitative estimate of drug-likeness (QED) is 0.439. The Morgan fingerprint density at radius 1 is 0.654 bits per heavy atom. The van der Waals surface area contributed by atoms with Crippen LogP contribution in [0.2, 0.25) is 0 Å². The fraction of sp³-hybridized carbons (Fsp3) is 0.538. The lowest BCUT2D eigenvalue weighted by Crippen LogP contribution is -2.13. The predicted molar refractivity (Wildman–Crippen MR) is 83.8 cm³/mol. The van der Waals surface area contributed by atoms with Crippen LogP contribution < -0.4 is 0 Å². The molecule has 0 radical (unpaired) electrons. The first-order valence-electron chi connectivity index (χ1n) is 6.15. The molecule has 0 bridgehead atoms. The molecule has 0 rings (SSSR count). The van der Waals surface area contributed by atoms with Crippen LogP contribution >= 0.6 is 0 Å². The van der Waals surface area contributed by atoms with Crippen LogP contribution in [0.25, 0.3) is 0 Å². The summed E-state index contributed by atoms with van der Waals surface area (Å²) in [6.45, 7) is 4.00. The predicted octanol–water partition coefficient (Wildman–Crippen LogP) is 0.587. The number of ketones is 1. The van der Waals surface area contributed by atoms with E-state index in [2.05, 4.69) is 0 Å². The Labute approximate surface area is 147 Å². The molecule has 0 aliphatic rings. The van der Waals surface area contributed by atoms with Crippen molar-refractivity contribution in [2.24, 2.45) is 0 Å². The third-order valence-electron chi connectivity index (χ3n) is 1.36. The first-order valence-corrected chi connectivity index (χ1v) is 6.15. The van der Waals surface area contributed by atoms with Gasteiger partial charge in [-0.15, -0.1) is 0 Å². The summed E-state index contributed by atoms with van der Waals surface area (Å²) < 4.78 is 0. The highest BCUT2D eigenvalue weighted by Gasteiger charge is 2.12. The molecule has 0 unspecified atom stereocenters. The molecule has 0 amide bonds. The Kier molecular flexibility index (Phi) is 48.8. The molecule has 0 aromatic rings. The molecule has 0 aromatic heterocycles. The zero-order chi connectivity index (χ0) is 21.4. The third kappa shape index (κ3) is 70.6. The van der Waals surface area contributed by atoms with E-state index < -0.39 is 42.5 Å². The molecule has 13 nitrogen and oxygen atoms in total. The van der Waals surface area contributed by atoms with Crippen molar-refractivity contribution >= 4 is 35.8 Å². The lowest BCUT2D eigenvalue weighted by Gasteiger charge is -1.88. The maximum atomic E-state index is 10.2. The Morgan fingerprint density at radius 3 is 1.00 bits per heavy atom. The molecule has 0 saturated carbocycles. The summed E-state index contributed by atoms with van der Waals surface area (Å²) >= 11 is 0. The number of aliphatic carboxylic acids is 4. The Morgan fingerprint density at radius 2 is 0.846 bits per heavy atom. The van der Waals surface area contributed by atoms with Crippen molar-refractivity contribution in [3.8, 4) is 0 Å². The SMILES string of the molecule is C.CC.O=C(O)CCC(=O)C(=O)O.O=C(O)CCC(=O)O.O=C=O.O=O. The lowest BCUT2D eigenvalue weighted by atomic mass is 10.2. The van der Waals surface area contributed by atoms with Gasteiger partial charge in [-0.1, -0.05) is 21.3 Å². The molecule has 0 fully saturated rings. The zero-order valence-electron chi connectivity index (χ0n) is 13.3. The van der Waals surface area contributed by atoms with Crippen molar-refractivity contribution in [3.05, 3.63) is 9.93 Å². The topological polar surface area (TPSA) is 235 Å². The van der Waals surface area contributed by atoms with E-state index in [1.54, 1.807) is 0 Å². The Bertz CT molecular complexity index is 421. The number of rotatable bonds is 7. The van der Waals surface area contributed by atoms with E-state index in [1.165, 1.54) is 0 Å². The number of carboxylic acids is 4. The van der Waals surface area contributed by atoms with Crippen molar-refractivity contribution in [2.45, 2.75) is 47.0 Å². The Balaban J connectivity index is -0.0000000561. The second kappa shape index (κ2) is 33.2. The van der Waals surface area contributed by atoms with Crippen molar-refractivity contribution in [1.29, 1.82) is 0 Å². The second-order valence-electron chi connectivity index (χ2n) is 2.99. The van der Waals surface area contributed by atoms with Gasteiger partial charge < -0.3 is 20.4 Å². The van der Waals surface area contributed by atoms with Gasteiger partial charge in [-0.2, -0.15) is 9.59 Å². The molecule has 26 heavy (non-hydrogen) atoms. The van der Waals surface area contributed by atoms with Crippen molar-refractivity contribution in [2.75, 3.05) is 0 Å². The molecule has 0 aromatic carbocycles. The van der Waals surface area contributed by atoms with Crippen LogP contribution in [-0.2, 0) is 33.6 Å². The molecule has 0 aliphatic heterocycles. The van der Waals surface area contributed by atoms with Gasteiger partial charge in [0.25, 0.3) is 0 Å². The minimum atomic E-state index is -1.58. The number of carbonyl (C=O) groups excluding carboxylic acids is 3. The maximum absolute atomic E-state index is 10.2. The standard InChI is InChI=1S/C5H6O5.C4H6O4.C2H6.CO2.CH4.O2/c6-3(5(9)10)1-2-4(7)8;5-3(6)1-2-4(7)8;1-2;2-1-3;;1-2/h1-2H2,(H,7,8)(H,9,10);1-2H2,(H,5,6)(H,7,8);1-2H3;;1H4;. The number of hydrogen-bond donors (Lipinski definition) is 4. The van der Waals surface area contributed by atoms with Crippen molar-refractivity contribution < 1.29 is 54.0 Å². The van der Waals surface area contributed by atoms with Gasteiger partial charge in [0.1, 0.15) is 0 Å². The molecular weight excluding hydrogens is 364 g/mol. The van der Waals surface area contributed by atoms with E-state index in [4.69, 9.17) is 39.9 Å². The van der Waals surface area contributed by atoms with E-state index in [0.717, 1.165) is 0 Å². The van der Waals surface area contributed by atoms with Gasteiger partial charge in [-0.05, 0) is 0 Å². The average Bonchev–Trinajstić information content (AvgIpc) is 2.55. The van der Waals surface area contributed by atoms with E-state index in [0.29, 0.717) is 0 Å². The minimum Gasteiger partial charge on any atom is -0.481 e. The van der Waals surface area contributed by atoms with Gasteiger partial charge in [-0.3, -0.25) is 19.2 Å². The van der Waals surface area contributed by atoms with Gasteiger partial charge in [0.15, 0.2) is 0 Å². The smallest absolute Gasteiger partial charge is 0.373 e. The van der Waals surface area contributed by atoms with Gasteiger partial charge >= 0.3 is 30.0 Å². The molecular formula is C13H22O13. The van der Waals surface area contributed by atoms with Gasteiger partial charge in [0.2, 0.25) is 5.78 Å². The van der Waals surface area contributed by atoms with Crippen LogP contribution in [0.4, 0.5) is 0 Å². The molecule has 0 saturated heterocycles.